The van der Waals surface area contributed by atoms with E-state index in [2.05, 4.69) is 39.0 Å². The summed E-state index contributed by atoms with van der Waals surface area (Å²) in [5.74, 6) is 2.29. The molecule has 2 heteroatoms. The Labute approximate surface area is 133 Å². The van der Waals surface area contributed by atoms with Gasteiger partial charge in [-0.15, -0.1) is 0 Å². The molecule has 0 amide bonds. The van der Waals surface area contributed by atoms with E-state index in [1.165, 1.54) is 11.1 Å². The lowest BCUT2D eigenvalue weighted by Crippen LogP contribution is -2.03. The summed E-state index contributed by atoms with van der Waals surface area (Å²) in [5, 5.41) is 0. The lowest BCUT2D eigenvalue weighted by molar-refractivity contribution is 0.352. The first-order chi connectivity index (χ1) is 10.7. The molecule has 0 aliphatic carbocycles. The predicted octanol–water partition coefficient (Wildman–Crippen LogP) is 5.46. The maximum atomic E-state index is 5.90. The van der Waals surface area contributed by atoms with Crippen LogP contribution in [0.1, 0.15) is 43.7 Å². The van der Waals surface area contributed by atoms with Gasteiger partial charge in [0.15, 0.2) is 0 Å². The summed E-state index contributed by atoms with van der Waals surface area (Å²) in [6.45, 7) is 6.64. The molecule has 3 atom stereocenters. The Morgan fingerprint density at radius 2 is 1.82 bits per heavy atom. The zero-order chi connectivity index (χ0) is 15.5. The van der Waals surface area contributed by atoms with Crippen LogP contribution in [0.4, 0.5) is 0 Å². The largest absolute Gasteiger partial charge is 0.457 e. The highest BCUT2D eigenvalue weighted by atomic mass is 16.6. The Balaban J connectivity index is 1.66. The molecule has 0 N–H and O–H groups in total. The third-order valence-electron chi connectivity index (χ3n) is 4.43. The molecule has 2 aromatic carbocycles. The van der Waals surface area contributed by atoms with Crippen molar-refractivity contribution in [1.82, 2.24) is 0 Å². The molecule has 2 nitrogen and oxygen atoms in total. The van der Waals surface area contributed by atoms with Crippen molar-refractivity contribution in [2.75, 3.05) is 0 Å². The van der Waals surface area contributed by atoms with Crippen molar-refractivity contribution < 1.29 is 9.47 Å². The predicted molar refractivity (Wildman–Crippen MR) is 89.7 cm³/mol. The van der Waals surface area contributed by atoms with Gasteiger partial charge in [-0.2, -0.15) is 0 Å². The van der Waals surface area contributed by atoms with E-state index in [0.29, 0.717) is 18.1 Å². The van der Waals surface area contributed by atoms with Crippen molar-refractivity contribution in [3.63, 3.8) is 0 Å². The molecule has 22 heavy (non-hydrogen) atoms. The molecule has 0 saturated carbocycles. The van der Waals surface area contributed by atoms with E-state index in [0.717, 1.165) is 24.3 Å². The molecule has 1 aliphatic rings. The summed E-state index contributed by atoms with van der Waals surface area (Å²) >= 11 is 0. The van der Waals surface area contributed by atoms with Gasteiger partial charge in [-0.1, -0.05) is 38.1 Å². The first-order valence-corrected chi connectivity index (χ1v) is 8.16. The van der Waals surface area contributed by atoms with Crippen LogP contribution in [0.3, 0.4) is 0 Å². The van der Waals surface area contributed by atoms with E-state index >= 15 is 0 Å². The van der Waals surface area contributed by atoms with Crippen LogP contribution in [0, 0.1) is 6.92 Å². The average molecular weight is 296 g/mol. The molecular formula is C20H24O2. The number of ether oxygens (including phenoxy) is 2. The van der Waals surface area contributed by atoms with Crippen LogP contribution < -0.4 is 4.74 Å². The molecule has 116 valence electrons. The molecule has 1 heterocycles. The number of hydrogen-bond acceptors (Lipinski definition) is 2. The topological polar surface area (TPSA) is 21.8 Å². The van der Waals surface area contributed by atoms with E-state index in [9.17, 15) is 0 Å². The molecule has 0 aromatic heterocycles. The van der Waals surface area contributed by atoms with Gasteiger partial charge in [0.25, 0.3) is 0 Å². The first-order valence-electron chi connectivity index (χ1n) is 8.16. The Bertz CT molecular complexity index is 621. The van der Waals surface area contributed by atoms with Crippen LogP contribution in [0.25, 0.3) is 0 Å². The normalized spacial score (nSPS) is 21.4. The minimum atomic E-state index is 0.458. The third-order valence-corrected chi connectivity index (χ3v) is 4.43. The summed E-state index contributed by atoms with van der Waals surface area (Å²) in [6, 6.07) is 16.3. The van der Waals surface area contributed by atoms with Gasteiger partial charge >= 0.3 is 0 Å². The molecular weight excluding hydrogens is 272 g/mol. The van der Waals surface area contributed by atoms with E-state index < -0.39 is 0 Å². The zero-order valence-electron chi connectivity index (χ0n) is 13.6. The molecule has 0 bridgehead atoms. The SMILES string of the molecule is CCC1OC1CC(C)c1ccc(Oc2ccccc2)cc1C. The second-order valence-electron chi connectivity index (χ2n) is 6.19. The fourth-order valence-electron chi connectivity index (χ4n) is 3.11. The smallest absolute Gasteiger partial charge is 0.127 e. The molecule has 1 aliphatic heterocycles. The Morgan fingerprint density at radius 3 is 2.45 bits per heavy atom. The maximum Gasteiger partial charge on any atom is 0.127 e. The highest BCUT2D eigenvalue weighted by Gasteiger charge is 2.37. The van der Waals surface area contributed by atoms with Gasteiger partial charge in [0.2, 0.25) is 0 Å². The lowest BCUT2D eigenvalue weighted by Gasteiger charge is -2.15. The lowest BCUT2D eigenvalue weighted by atomic mass is 9.91. The molecule has 3 rings (SSSR count). The molecule has 3 unspecified atom stereocenters. The quantitative estimate of drug-likeness (QED) is 0.660. The van der Waals surface area contributed by atoms with E-state index in [1.807, 2.05) is 30.3 Å². The van der Waals surface area contributed by atoms with Crippen LogP contribution in [-0.4, -0.2) is 12.2 Å². The number of aryl methyl sites for hydroxylation is 1. The zero-order valence-corrected chi connectivity index (χ0v) is 13.6. The highest BCUT2D eigenvalue weighted by Crippen LogP contribution is 2.36. The molecule has 1 saturated heterocycles. The van der Waals surface area contributed by atoms with Gasteiger partial charge in [0.1, 0.15) is 11.5 Å². The maximum absolute atomic E-state index is 5.90. The van der Waals surface area contributed by atoms with Gasteiger partial charge in [0, 0.05) is 0 Å². The number of epoxide rings is 1. The molecule has 1 fully saturated rings. The Kier molecular flexibility index (Phi) is 4.49. The third kappa shape index (κ3) is 3.50. The average Bonchev–Trinajstić information content (AvgIpc) is 3.26. The minimum absolute atomic E-state index is 0.458. The number of rotatable bonds is 6. The van der Waals surface area contributed by atoms with Crippen molar-refractivity contribution in [3.8, 4) is 11.5 Å². The van der Waals surface area contributed by atoms with Crippen molar-refractivity contribution in [3.05, 3.63) is 59.7 Å². The summed E-state index contributed by atoms with van der Waals surface area (Å²) in [7, 11) is 0. The summed E-state index contributed by atoms with van der Waals surface area (Å²) in [4.78, 5) is 0. The van der Waals surface area contributed by atoms with Crippen molar-refractivity contribution >= 4 is 0 Å². The fraction of sp³-hybridized carbons (Fsp3) is 0.400. The standard InChI is InChI=1S/C20H24O2/c1-4-19-20(22-19)13-15(3)18-11-10-17(12-14(18)2)21-16-8-6-5-7-9-16/h5-12,15,19-20H,4,13H2,1-3H3. The highest BCUT2D eigenvalue weighted by molar-refractivity contribution is 5.39. The van der Waals surface area contributed by atoms with Gasteiger partial charge in [-0.05, 0) is 61.1 Å². The van der Waals surface area contributed by atoms with E-state index in [-0.39, 0.29) is 0 Å². The second-order valence-corrected chi connectivity index (χ2v) is 6.19. The van der Waals surface area contributed by atoms with Gasteiger partial charge < -0.3 is 9.47 Å². The molecule has 0 spiro atoms. The van der Waals surface area contributed by atoms with E-state index in [4.69, 9.17) is 9.47 Å². The first kappa shape index (κ1) is 15.1. The van der Waals surface area contributed by atoms with Crippen LogP contribution in [0.5, 0.6) is 11.5 Å². The molecule has 0 radical (unpaired) electrons. The monoisotopic (exact) mass is 296 g/mol. The van der Waals surface area contributed by atoms with Gasteiger partial charge in [-0.25, -0.2) is 0 Å². The van der Waals surface area contributed by atoms with Crippen LogP contribution in [0.2, 0.25) is 0 Å². The second kappa shape index (κ2) is 6.53. The van der Waals surface area contributed by atoms with Crippen molar-refractivity contribution in [1.29, 1.82) is 0 Å². The fourth-order valence-corrected chi connectivity index (χ4v) is 3.11. The van der Waals surface area contributed by atoms with Gasteiger partial charge in [-0.3, -0.25) is 0 Å². The number of benzene rings is 2. The number of hydrogen-bond donors (Lipinski definition) is 0. The van der Waals surface area contributed by atoms with Crippen LogP contribution >= 0.6 is 0 Å². The Hall–Kier alpha value is -1.80. The van der Waals surface area contributed by atoms with Crippen molar-refractivity contribution in [2.24, 2.45) is 0 Å². The Morgan fingerprint density at radius 1 is 1.05 bits per heavy atom. The van der Waals surface area contributed by atoms with Crippen LogP contribution in [-0.2, 0) is 4.74 Å². The van der Waals surface area contributed by atoms with Crippen LogP contribution in [0.15, 0.2) is 48.5 Å². The minimum Gasteiger partial charge on any atom is -0.457 e. The summed E-state index contributed by atoms with van der Waals surface area (Å²) < 4.78 is 11.6. The number of para-hydroxylation sites is 1. The van der Waals surface area contributed by atoms with Gasteiger partial charge in [0.05, 0.1) is 12.2 Å². The summed E-state index contributed by atoms with van der Waals surface area (Å²) in [6.07, 6.45) is 3.18. The van der Waals surface area contributed by atoms with E-state index in [1.54, 1.807) is 0 Å². The summed E-state index contributed by atoms with van der Waals surface area (Å²) in [5.41, 5.74) is 2.68. The molecule has 2 aromatic rings. The van der Waals surface area contributed by atoms with Crippen molar-refractivity contribution in [2.45, 2.75) is 51.7 Å².